The van der Waals surface area contributed by atoms with Crippen molar-refractivity contribution in [3.63, 3.8) is 0 Å². The van der Waals surface area contributed by atoms with E-state index < -0.39 is 6.04 Å². The molecule has 7 heteroatoms. The van der Waals surface area contributed by atoms with Gasteiger partial charge in [0.2, 0.25) is 0 Å². The molecule has 0 fully saturated rings. The Bertz CT molecular complexity index is 415. The molecule has 0 aromatic carbocycles. The second-order valence-electron chi connectivity index (χ2n) is 3.42. The summed E-state index contributed by atoms with van der Waals surface area (Å²) in [5, 5.41) is 3.04. The molecule has 5 nitrogen and oxygen atoms in total. The maximum atomic E-state index is 11.7. The van der Waals surface area contributed by atoms with E-state index in [0.717, 1.165) is 8.95 Å². The number of methoxy groups -OCH3 is 2. The number of hydrogen-bond donors (Lipinski definition) is 1. The van der Waals surface area contributed by atoms with Gasteiger partial charge in [-0.05, 0) is 37.9 Å². The maximum absolute atomic E-state index is 11.7. The largest absolute Gasteiger partial charge is 0.468 e. The second kappa shape index (κ2) is 7.83. The lowest BCUT2D eigenvalue weighted by Crippen LogP contribution is -2.32. The van der Waals surface area contributed by atoms with Crippen molar-refractivity contribution in [1.29, 1.82) is 0 Å². The summed E-state index contributed by atoms with van der Waals surface area (Å²) >= 11 is 6.70. The highest BCUT2D eigenvalue weighted by molar-refractivity contribution is 9.11. The molecule has 1 atom stereocenters. The van der Waals surface area contributed by atoms with E-state index in [2.05, 4.69) is 42.2 Å². The summed E-state index contributed by atoms with van der Waals surface area (Å²) in [4.78, 5) is 16.0. The molecule has 0 saturated carbocycles. The van der Waals surface area contributed by atoms with Crippen LogP contribution in [0.25, 0.3) is 0 Å². The Balaban J connectivity index is 2.90. The number of carbonyl (C=O) groups excluding carboxylic acids is 1. The van der Waals surface area contributed by atoms with E-state index in [1.807, 2.05) is 6.07 Å². The monoisotopic (exact) mass is 380 g/mol. The maximum Gasteiger partial charge on any atom is 0.329 e. The standard InChI is InChI=1S/C11H14Br2N2O3/c1-17-4-3-14-10(11(16)18-2)9-8(13)5-7(12)6-15-9/h5-6,10,14H,3-4H2,1-2H3. The van der Waals surface area contributed by atoms with Crippen molar-refractivity contribution >= 4 is 37.8 Å². The van der Waals surface area contributed by atoms with Crippen LogP contribution in [0.15, 0.2) is 21.2 Å². The Morgan fingerprint density at radius 2 is 2.22 bits per heavy atom. The average molecular weight is 382 g/mol. The molecule has 18 heavy (non-hydrogen) atoms. The van der Waals surface area contributed by atoms with Crippen LogP contribution in [0.1, 0.15) is 11.7 Å². The molecule has 1 unspecified atom stereocenters. The molecule has 0 spiro atoms. The van der Waals surface area contributed by atoms with Crippen LogP contribution in [-0.4, -0.2) is 38.3 Å². The number of ether oxygens (including phenoxy) is 2. The number of nitrogens with zero attached hydrogens (tertiary/aromatic N) is 1. The summed E-state index contributed by atoms with van der Waals surface area (Å²) in [7, 11) is 2.95. The van der Waals surface area contributed by atoms with Gasteiger partial charge >= 0.3 is 5.97 Å². The van der Waals surface area contributed by atoms with E-state index >= 15 is 0 Å². The molecule has 1 aromatic rings. The zero-order chi connectivity index (χ0) is 13.5. The zero-order valence-electron chi connectivity index (χ0n) is 10.1. The highest BCUT2D eigenvalue weighted by Crippen LogP contribution is 2.25. The van der Waals surface area contributed by atoms with Crippen molar-refractivity contribution in [3.05, 3.63) is 26.9 Å². The number of aromatic nitrogens is 1. The number of pyridine rings is 1. The fourth-order valence-electron chi connectivity index (χ4n) is 1.35. The summed E-state index contributed by atoms with van der Waals surface area (Å²) in [5.74, 6) is -0.387. The van der Waals surface area contributed by atoms with Gasteiger partial charge in [0.05, 0.1) is 19.4 Å². The number of carbonyl (C=O) groups is 1. The number of esters is 1. The van der Waals surface area contributed by atoms with Crippen LogP contribution >= 0.6 is 31.9 Å². The third-order valence-electron chi connectivity index (χ3n) is 2.20. The van der Waals surface area contributed by atoms with Crippen molar-refractivity contribution in [3.8, 4) is 0 Å². The van der Waals surface area contributed by atoms with Crippen molar-refractivity contribution in [2.45, 2.75) is 6.04 Å². The Hall–Kier alpha value is -0.500. The summed E-state index contributed by atoms with van der Waals surface area (Å²) in [6.07, 6.45) is 1.63. The quantitative estimate of drug-likeness (QED) is 0.603. The van der Waals surface area contributed by atoms with E-state index in [1.54, 1.807) is 13.3 Å². The molecule has 1 rings (SSSR count). The van der Waals surface area contributed by atoms with Crippen LogP contribution in [0.3, 0.4) is 0 Å². The molecule has 0 radical (unpaired) electrons. The van der Waals surface area contributed by atoms with Crippen molar-refractivity contribution < 1.29 is 14.3 Å². The van der Waals surface area contributed by atoms with E-state index in [-0.39, 0.29) is 5.97 Å². The minimum atomic E-state index is -0.618. The molecule has 0 amide bonds. The van der Waals surface area contributed by atoms with Crippen LogP contribution < -0.4 is 5.32 Å². The zero-order valence-corrected chi connectivity index (χ0v) is 13.2. The molecular formula is C11H14Br2N2O3. The van der Waals surface area contributed by atoms with E-state index in [4.69, 9.17) is 9.47 Å². The third-order valence-corrected chi connectivity index (χ3v) is 3.27. The van der Waals surface area contributed by atoms with Crippen LogP contribution in [0.4, 0.5) is 0 Å². The van der Waals surface area contributed by atoms with Gasteiger partial charge in [-0.25, -0.2) is 4.79 Å². The van der Waals surface area contributed by atoms with Crippen LogP contribution in [-0.2, 0) is 14.3 Å². The number of hydrogen-bond acceptors (Lipinski definition) is 5. The molecule has 0 bridgehead atoms. The lowest BCUT2D eigenvalue weighted by atomic mass is 10.2. The Kier molecular flexibility index (Phi) is 6.77. The van der Waals surface area contributed by atoms with Crippen molar-refractivity contribution in [2.75, 3.05) is 27.4 Å². The predicted molar refractivity (Wildman–Crippen MR) is 74.3 cm³/mol. The van der Waals surface area contributed by atoms with Crippen LogP contribution in [0, 0.1) is 0 Å². The summed E-state index contributed by atoms with van der Waals surface area (Å²) < 4.78 is 11.3. The highest BCUT2D eigenvalue weighted by Gasteiger charge is 2.24. The Morgan fingerprint density at radius 1 is 1.50 bits per heavy atom. The Labute approximate surface area is 123 Å². The first-order chi connectivity index (χ1) is 8.60. The molecule has 0 saturated heterocycles. The van der Waals surface area contributed by atoms with Crippen molar-refractivity contribution in [2.24, 2.45) is 0 Å². The van der Waals surface area contributed by atoms with Gasteiger partial charge in [0.1, 0.15) is 6.04 Å². The smallest absolute Gasteiger partial charge is 0.329 e. The van der Waals surface area contributed by atoms with Gasteiger partial charge in [-0.1, -0.05) is 0 Å². The fourth-order valence-corrected chi connectivity index (χ4v) is 2.57. The third kappa shape index (κ3) is 4.31. The van der Waals surface area contributed by atoms with Crippen LogP contribution in [0.2, 0.25) is 0 Å². The van der Waals surface area contributed by atoms with E-state index in [1.165, 1.54) is 7.11 Å². The fraction of sp³-hybridized carbons (Fsp3) is 0.455. The van der Waals surface area contributed by atoms with Gasteiger partial charge in [-0.2, -0.15) is 0 Å². The molecule has 0 aliphatic carbocycles. The molecule has 1 aromatic heterocycles. The molecule has 0 aliphatic rings. The van der Waals surface area contributed by atoms with Gasteiger partial charge in [-0.15, -0.1) is 0 Å². The summed E-state index contributed by atoms with van der Waals surface area (Å²) in [6, 6.07) is 1.21. The normalized spacial score (nSPS) is 12.2. The van der Waals surface area contributed by atoms with Gasteiger partial charge < -0.3 is 9.47 Å². The second-order valence-corrected chi connectivity index (χ2v) is 5.19. The number of rotatable bonds is 6. The van der Waals surface area contributed by atoms with Gasteiger partial charge in [0.15, 0.2) is 0 Å². The first-order valence-electron chi connectivity index (χ1n) is 5.21. The Morgan fingerprint density at radius 3 is 2.78 bits per heavy atom. The number of nitrogens with one attached hydrogen (secondary N) is 1. The minimum absolute atomic E-state index is 0.387. The van der Waals surface area contributed by atoms with Gasteiger partial charge in [-0.3, -0.25) is 10.3 Å². The molecule has 1 heterocycles. The van der Waals surface area contributed by atoms with Gasteiger partial charge in [0.25, 0.3) is 0 Å². The molecular weight excluding hydrogens is 368 g/mol. The van der Waals surface area contributed by atoms with Gasteiger partial charge in [0, 0.05) is 28.8 Å². The average Bonchev–Trinajstić information content (AvgIpc) is 2.35. The first kappa shape index (κ1) is 15.6. The first-order valence-corrected chi connectivity index (χ1v) is 6.79. The number of halogens is 2. The SMILES string of the molecule is COCCNC(C(=O)OC)c1ncc(Br)cc1Br. The van der Waals surface area contributed by atoms with Crippen LogP contribution in [0.5, 0.6) is 0 Å². The molecule has 100 valence electrons. The summed E-state index contributed by atoms with van der Waals surface area (Å²) in [6.45, 7) is 1.03. The van der Waals surface area contributed by atoms with E-state index in [9.17, 15) is 4.79 Å². The molecule has 0 aliphatic heterocycles. The lowest BCUT2D eigenvalue weighted by molar-refractivity contribution is -0.143. The molecule has 1 N–H and O–H groups in total. The topological polar surface area (TPSA) is 60.5 Å². The van der Waals surface area contributed by atoms with Crippen molar-refractivity contribution in [1.82, 2.24) is 10.3 Å². The van der Waals surface area contributed by atoms with E-state index in [0.29, 0.717) is 18.8 Å². The summed E-state index contributed by atoms with van der Waals surface area (Å²) in [5.41, 5.74) is 0.584. The highest BCUT2D eigenvalue weighted by atomic mass is 79.9. The lowest BCUT2D eigenvalue weighted by Gasteiger charge is -2.17. The predicted octanol–water partition coefficient (Wildman–Crippen LogP) is 2.06. The minimum Gasteiger partial charge on any atom is -0.468 e.